The lowest BCUT2D eigenvalue weighted by atomic mass is 10.0. The van der Waals surface area contributed by atoms with Crippen LogP contribution in [0.4, 0.5) is 27.6 Å². The minimum Gasteiger partial charge on any atom is -0.496 e. The molecule has 0 spiro atoms. The van der Waals surface area contributed by atoms with E-state index in [9.17, 15) is 30.4 Å². The van der Waals surface area contributed by atoms with E-state index in [0.29, 0.717) is 18.2 Å². The lowest BCUT2D eigenvalue weighted by molar-refractivity contribution is -0.138. The van der Waals surface area contributed by atoms with Crippen molar-refractivity contribution >= 4 is 15.7 Å². The summed E-state index contributed by atoms with van der Waals surface area (Å²) in [6, 6.07) is 11.1. The maximum atomic E-state index is 13.9. The number of hydrogen-bond donors (Lipinski definition) is 1. The molecule has 10 heteroatoms. The fraction of sp³-hybridized carbons (Fsp3) is 0.100. The van der Waals surface area contributed by atoms with E-state index < -0.39 is 39.1 Å². The smallest absolute Gasteiger partial charge is 0.419 e. The molecule has 0 fully saturated rings. The van der Waals surface area contributed by atoms with E-state index in [4.69, 9.17) is 4.74 Å². The number of ether oxygens (including phenoxy) is 1. The molecule has 4 nitrogen and oxygen atoms in total. The third kappa shape index (κ3) is 4.38. The maximum absolute atomic E-state index is 13.9. The molecule has 1 N–H and O–H groups in total. The Kier molecular flexibility index (Phi) is 5.71. The topological polar surface area (TPSA) is 55.4 Å². The Balaban J connectivity index is 2.14. The van der Waals surface area contributed by atoms with Crippen molar-refractivity contribution in [1.29, 1.82) is 0 Å². The van der Waals surface area contributed by atoms with Crippen LogP contribution in [0.15, 0.2) is 65.6 Å². The van der Waals surface area contributed by atoms with Gasteiger partial charge in [0, 0.05) is 11.6 Å². The average molecular weight is 443 g/mol. The molecule has 0 aliphatic rings. The van der Waals surface area contributed by atoms with Crippen LogP contribution in [0.2, 0.25) is 0 Å². The Labute approximate surface area is 169 Å². The zero-order chi connectivity index (χ0) is 22.1. The number of nitrogens with one attached hydrogen (secondary N) is 1. The molecule has 0 saturated heterocycles. The van der Waals surface area contributed by atoms with E-state index in [-0.39, 0.29) is 21.7 Å². The molecule has 0 saturated carbocycles. The van der Waals surface area contributed by atoms with Crippen LogP contribution in [0.1, 0.15) is 5.56 Å². The molecule has 0 radical (unpaired) electrons. The van der Waals surface area contributed by atoms with Gasteiger partial charge in [0.25, 0.3) is 10.0 Å². The largest absolute Gasteiger partial charge is 0.496 e. The molecular weight excluding hydrogens is 429 g/mol. The normalized spacial score (nSPS) is 11.9. The average Bonchev–Trinajstić information content (AvgIpc) is 2.70. The first-order chi connectivity index (χ1) is 14.0. The number of hydrogen-bond acceptors (Lipinski definition) is 3. The van der Waals surface area contributed by atoms with Gasteiger partial charge in [-0.15, -0.1) is 0 Å². The lowest BCUT2D eigenvalue weighted by Gasteiger charge is -2.16. The zero-order valence-corrected chi connectivity index (χ0v) is 16.1. The van der Waals surface area contributed by atoms with Gasteiger partial charge in [-0.25, -0.2) is 17.2 Å². The van der Waals surface area contributed by atoms with Gasteiger partial charge < -0.3 is 4.74 Å². The Morgan fingerprint density at radius 1 is 0.900 bits per heavy atom. The number of sulfonamides is 1. The summed E-state index contributed by atoms with van der Waals surface area (Å²) in [6.45, 7) is 0. The summed E-state index contributed by atoms with van der Waals surface area (Å²) >= 11 is 0. The molecule has 0 aromatic heterocycles. The van der Waals surface area contributed by atoms with Gasteiger partial charge in [0.2, 0.25) is 0 Å². The molecule has 0 aliphatic carbocycles. The summed E-state index contributed by atoms with van der Waals surface area (Å²) in [5, 5.41) is 0. The van der Waals surface area contributed by atoms with Gasteiger partial charge in [-0.3, -0.25) is 4.72 Å². The van der Waals surface area contributed by atoms with Crippen LogP contribution in [0.5, 0.6) is 5.75 Å². The standard InChI is InChI=1S/C20H14F5NO3S/c1-29-19-9-12(7-8-15(19)20(23,24)25)14-10-16(21)17(22)11-18(14)26-30(27,28)13-5-3-2-4-6-13/h2-11,26H,1H3. The first-order valence-electron chi connectivity index (χ1n) is 8.35. The SMILES string of the molecule is COc1cc(-c2cc(F)c(F)cc2NS(=O)(=O)c2ccccc2)ccc1C(F)(F)F. The molecule has 3 aromatic carbocycles. The Hall–Kier alpha value is -3.14. The summed E-state index contributed by atoms with van der Waals surface area (Å²) in [6.07, 6.45) is -4.70. The van der Waals surface area contributed by atoms with Crippen molar-refractivity contribution in [3.8, 4) is 16.9 Å². The van der Waals surface area contributed by atoms with Crippen molar-refractivity contribution in [3.63, 3.8) is 0 Å². The van der Waals surface area contributed by atoms with Gasteiger partial charge in [0.15, 0.2) is 11.6 Å². The van der Waals surface area contributed by atoms with E-state index in [0.717, 1.165) is 19.2 Å². The number of halogens is 5. The molecule has 30 heavy (non-hydrogen) atoms. The molecule has 0 bridgehead atoms. The van der Waals surface area contributed by atoms with Crippen molar-refractivity contribution in [2.24, 2.45) is 0 Å². The highest BCUT2D eigenvalue weighted by atomic mass is 32.2. The van der Waals surface area contributed by atoms with Crippen molar-refractivity contribution in [3.05, 3.63) is 77.9 Å². The van der Waals surface area contributed by atoms with E-state index in [1.54, 1.807) is 6.07 Å². The van der Waals surface area contributed by atoms with Gasteiger partial charge in [-0.05, 0) is 35.9 Å². The van der Waals surface area contributed by atoms with Crippen molar-refractivity contribution < 1.29 is 35.1 Å². The summed E-state index contributed by atoms with van der Waals surface area (Å²) in [7, 11) is -3.14. The van der Waals surface area contributed by atoms with E-state index in [1.165, 1.54) is 24.3 Å². The predicted octanol–water partition coefficient (Wildman–Crippen LogP) is 5.46. The van der Waals surface area contributed by atoms with Gasteiger partial charge in [0.05, 0.1) is 23.3 Å². The third-order valence-electron chi connectivity index (χ3n) is 4.18. The molecule has 0 unspecified atom stereocenters. The van der Waals surface area contributed by atoms with Crippen molar-refractivity contribution in [1.82, 2.24) is 0 Å². The van der Waals surface area contributed by atoms with Gasteiger partial charge in [0.1, 0.15) is 5.75 Å². The molecule has 0 aliphatic heterocycles. The highest BCUT2D eigenvalue weighted by Crippen LogP contribution is 2.40. The molecule has 0 heterocycles. The van der Waals surface area contributed by atoms with Crippen LogP contribution in [-0.4, -0.2) is 15.5 Å². The summed E-state index contributed by atoms with van der Waals surface area (Å²) in [5.74, 6) is -3.18. The Morgan fingerprint density at radius 2 is 1.53 bits per heavy atom. The maximum Gasteiger partial charge on any atom is 0.419 e. The monoisotopic (exact) mass is 443 g/mol. The second kappa shape index (κ2) is 7.94. The predicted molar refractivity (Wildman–Crippen MR) is 101 cm³/mol. The second-order valence-corrected chi connectivity index (χ2v) is 7.83. The first kappa shape index (κ1) is 21.6. The van der Waals surface area contributed by atoms with Crippen molar-refractivity contribution in [2.75, 3.05) is 11.8 Å². The van der Waals surface area contributed by atoms with E-state index in [2.05, 4.69) is 4.72 Å². The molecular formula is C20H14F5NO3S. The van der Waals surface area contributed by atoms with Crippen LogP contribution in [0.3, 0.4) is 0 Å². The van der Waals surface area contributed by atoms with Crippen LogP contribution in [-0.2, 0) is 16.2 Å². The Bertz CT molecular complexity index is 1180. The van der Waals surface area contributed by atoms with Gasteiger partial charge >= 0.3 is 6.18 Å². The quantitative estimate of drug-likeness (QED) is 0.533. The number of methoxy groups -OCH3 is 1. The van der Waals surface area contributed by atoms with Crippen LogP contribution in [0.25, 0.3) is 11.1 Å². The first-order valence-corrected chi connectivity index (χ1v) is 9.84. The molecule has 3 rings (SSSR count). The van der Waals surface area contributed by atoms with E-state index in [1.807, 2.05) is 0 Å². The van der Waals surface area contributed by atoms with Crippen molar-refractivity contribution in [2.45, 2.75) is 11.1 Å². The van der Waals surface area contributed by atoms with Crippen LogP contribution < -0.4 is 9.46 Å². The van der Waals surface area contributed by atoms with Crippen LogP contribution >= 0.6 is 0 Å². The minimum atomic E-state index is -4.70. The zero-order valence-electron chi connectivity index (χ0n) is 15.3. The van der Waals surface area contributed by atoms with Gasteiger partial charge in [-0.1, -0.05) is 24.3 Å². The van der Waals surface area contributed by atoms with E-state index >= 15 is 0 Å². The summed E-state index contributed by atoms with van der Waals surface area (Å²) in [5.41, 5.74) is -1.59. The lowest BCUT2D eigenvalue weighted by Crippen LogP contribution is -2.14. The number of alkyl halides is 3. The molecule has 158 valence electrons. The highest BCUT2D eigenvalue weighted by molar-refractivity contribution is 7.92. The molecule has 3 aromatic rings. The second-order valence-electron chi connectivity index (χ2n) is 6.14. The van der Waals surface area contributed by atoms with Crippen LogP contribution in [0, 0.1) is 11.6 Å². The number of anilines is 1. The fourth-order valence-electron chi connectivity index (χ4n) is 2.77. The summed E-state index contributed by atoms with van der Waals surface area (Å²) < 4.78 is 99.1. The third-order valence-corrected chi connectivity index (χ3v) is 5.56. The molecule has 0 atom stereocenters. The summed E-state index contributed by atoms with van der Waals surface area (Å²) in [4.78, 5) is -0.134. The number of benzene rings is 3. The van der Waals surface area contributed by atoms with Gasteiger partial charge in [-0.2, -0.15) is 13.2 Å². The fourth-order valence-corrected chi connectivity index (χ4v) is 3.86. The minimum absolute atomic E-state index is 0.00971. The molecule has 0 amide bonds. The Morgan fingerprint density at radius 3 is 2.13 bits per heavy atom. The number of rotatable bonds is 5. The highest BCUT2D eigenvalue weighted by Gasteiger charge is 2.34.